The molecule has 1 fully saturated rings. The first-order valence-electron chi connectivity index (χ1n) is 8.71. The number of anilines is 1. The fourth-order valence-electron chi connectivity index (χ4n) is 2.69. The zero-order valence-corrected chi connectivity index (χ0v) is 18.3. The summed E-state index contributed by atoms with van der Waals surface area (Å²) in [5, 5.41) is 8.80. The molecule has 29 heavy (non-hydrogen) atoms. The number of aromatic nitrogens is 1. The van der Waals surface area contributed by atoms with Gasteiger partial charge in [0.05, 0.1) is 5.69 Å². The number of hydrogen-bond acceptors (Lipinski definition) is 6. The fraction of sp³-hybridized carbons (Fsp3) is 0.316. The minimum absolute atomic E-state index is 0. The molecule has 0 saturated carbocycles. The first kappa shape index (κ1) is 25.0. The molecule has 2 amide bonds. The minimum atomic E-state index is -0.292. The van der Waals surface area contributed by atoms with E-state index >= 15 is 0 Å². The highest BCUT2D eigenvalue weighted by atomic mass is 35.5. The molecule has 1 unspecified atom stereocenters. The molecule has 10 heteroatoms. The lowest BCUT2D eigenvalue weighted by atomic mass is 10.2. The summed E-state index contributed by atoms with van der Waals surface area (Å²) in [6.45, 7) is 0.929. The Bertz CT molecular complexity index is 820. The number of pyridine rings is 1. The van der Waals surface area contributed by atoms with E-state index in [1.165, 1.54) is 6.20 Å². The molecular weight excluding hydrogens is 435 g/mol. The average molecular weight is 459 g/mol. The Morgan fingerprint density at radius 1 is 1.28 bits per heavy atom. The molecule has 1 aromatic carbocycles. The van der Waals surface area contributed by atoms with E-state index in [0.29, 0.717) is 23.6 Å². The van der Waals surface area contributed by atoms with Gasteiger partial charge in [-0.3, -0.25) is 14.6 Å². The lowest BCUT2D eigenvalue weighted by Crippen LogP contribution is -2.39. The van der Waals surface area contributed by atoms with Crippen LogP contribution in [0.15, 0.2) is 42.6 Å². The van der Waals surface area contributed by atoms with Crippen LogP contribution < -0.4 is 20.7 Å². The second kappa shape index (κ2) is 12.5. The summed E-state index contributed by atoms with van der Waals surface area (Å²) in [5.41, 5.74) is 0.849. The van der Waals surface area contributed by atoms with E-state index in [2.05, 4.69) is 20.9 Å². The van der Waals surface area contributed by atoms with Gasteiger partial charge in [0.2, 0.25) is 5.91 Å². The van der Waals surface area contributed by atoms with Crippen molar-refractivity contribution >= 4 is 54.1 Å². The Labute approximate surface area is 186 Å². The van der Waals surface area contributed by atoms with Gasteiger partial charge in [0, 0.05) is 49.8 Å². The third-order valence-corrected chi connectivity index (χ3v) is 5.14. The maximum atomic E-state index is 12.4. The number of amides is 2. The predicted molar refractivity (Wildman–Crippen MR) is 121 cm³/mol. The van der Waals surface area contributed by atoms with Crippen LogP contribution in [0.3, 0.4) is 0 Å². The van der Waals surface area contributed by atoms with Gasteiger partial charge in [-0.2, -0.15) is 11.8 Å². The number of hydrogen-bond donors (Lipinski definition) is 3. The molecule has 0 spiro atoms. The zero-order valence-electron chi connectivity index (χ0n) is 15.8. The van der Waals surface area contributed by atoms with Gasteiger partial charge in [-0.05, 0) is 18.2 Å². The lowest BCUT2D eigenvalue weighted by molar-refractivity contribution is -0.116. The monoisotopic (exact) mass is 458 g/mol. The number of halogens is 2. The van der Waals surface area contributed by atoms with Crippen molar-refractivity contribution in [3.8, 4) is 11.5 Å². The number of para-hydroxylation sites is 2. The highest BCUT2D eigenvalue weighted by molar-refractivity contribution is 7.99. The second-order valence-corrected chi connectivity index (χ2v) is 7.18. The van der Waals surface area contributed by atoms with Crippen molar-refractivity contribution < 1.29 is 14.3 Å². The maximum absolute atomic E-state index is 12.4. The van der Waals surface area contributed by atoms with Gasteiger partial charge < -0.3 is 20.7 Å². The normalized spacial score (nSPS) is 15.3. The van der Waals surface area contributed by atoms with Crippen LogP contribution in [-0.4, -0.2) is 47.9 Å². The van der Waals surface area contributed by atoms with E-state index in [-0.39, 0.29) is 48.4 Å². The number of benzene rings is 1. The largest absolute Gasteiger partial charge is 0.455 e. The van der Waals surface area contributed by atoms with E-state index in [1.807, 2.05) is 23.9 Å². The van der Waals surface area contributed by atoms with E-state index in [1.54, 1.807) is 31.3 Å². The highest BCUT2D eigenvalue weighted by Crippen LogP contribution is 2.29. The quantitative estimate of drug-likeness (QED) is 0.615. The molecule has 1 saturated heterocycles. The van der Waals surface area contributed by atoms with Gasteiger partial charge in [0.1, 0.15) is 11.4 Å². The van der Waals surface area contributed by atoms with Crippen LogP contribution in [0.2, 0.25) is 0 Å². The number of nitrogens with zero attached hydrogens (tertiary/aromatic N) is 1. The van der Waals surface area contributed by atoms with Crippen LogP contribution in [0, 0.1) is 0 Å². The van der Waals surface area contributed by atoms with Crippen molar-refractivity contribution in [3.63, 3.8) is 0 Å². The number of carbonyl (C=O) groups excluding carboxylic acids is 2. The number of rotatable bonds is 6. The summed E-state index contributed by atoms with van der Waals surface area (Å²) in [6.07, 6.45) is 1.92. The topological polar surface area (TPSA) is 92.4 Å². The summed E-state index contributed by atoms with van der Waals surface area (Å²) in [7, 11) is 1.54. The van der Waals surface area contributed by atoms with Crippen LogP contribution >= 0.6 is 36.6 Å². The van der Waals surface area contributed by atoms with Gasteiger partial charge in [-0.15, -0.1) is 24.8 Å². The van der Waals surface area contributed by atoms with Crippen molar-refractivity contribution in [1.82, 2.24) is 15.6 Å². The Morgan fingerprint density at radius 3 is 2.79 bits per heavy atom. The van der Waals surface area contributed by atoms with Gasteiger partial charge in [0.25, 0.3) is 5.91 Å². The summed E-state index contributed by atoms with van der Waals surface area (Å²) in [6, 6.07) is 10.6. The van der Waals surface area contributed by atoms with Crippen LogP contribution in [0.4, 0.5) is 5.69 Å². The van der Waals surface area contributed by atoms with E-state index in [9.17, 15) is 9.59 Å². The molecule has 1 aliphatic heterocycles. The molecular formula is C19H24Cl2N4O3S. The fourth-order valence-corrected chi connectivity index (χ4v) is 3.64. The molecule has 3 rings (SSSR count). The van der Waals surface area contributed by atoms with Crippen molar-refractivity contribution in [2.45, 2.75) is 12.5 Å². The Hall–Kier alpha value is -2.00. The molecule has 0 bridgehead atoms. The number of carbonyl (C=O) groups is 2. The third-order valence-electron chi connectivity index (χ3n) is 4.01. The van der Waals surface area contributed by atoms with Crippen LogP contribution in [0.5, 0.6) is 11.5 Å². The summed E-state index contributed by atoms with van der Waals surface area (Å²) < 4.78 is 5.88. The third kappa shape index (κ3) is 7.40. The molecule has 3 N–H and O–H groups in total. The molecule has 158 valence electrons. The maximum Gasteiger partial charge on any atom is 0.269 e. The molecule has 7 nitrogen and oxygen atoms in total. The molecule has 1 atom stereocenters. The SMILES string of the molecule is CNC(=O)c1cc(Oc2ccccc2NC(=O)CC2CSCCN2)ccn1.Cl.Cl. The van der Waals surface area contributed by atoms with E-state index < -0.39 is 0 Å². The summed E-state index contributed by atoms with van der Waals surface area (Å²) in [5.74, 6) is 2.64. The first-order chi connectivity index (χ1) is 13.2. The van der Waals surface area contributed by atoms with Crippen molar-refractivity contribution in [3.05, 3.63) is 48.3 Å². The van der Waals surface area contributed by atoms with Gasteiger partial charge in [-0.1, -0.05) is 12.1 Å². The van der Waals surface area contributed by atoms with Gasteiger partial charge in [-0.25, -0.2) is 0 Å². The van der Waals surface area contributed by atoms with E-state index in [4.69, 9.17) is 4.74 Å². The molecule has 1 aliphatic rings. The standard InChI is InChI=1S/C19H22N4O3S.2ClH/c1-20-19(25)16-11-14(6-7-22-16)26-17-5-3-2-4-15(17)23-18(24)10-13-12-27-9-8-21-13;;/h2-7,11,13,21H,8-10,12H2,1H3,(H,20,25)(H,23,24);2*1H. The minimum Gasteiger partial charge on any atom is -0.455 e. The van der Waals surface area contributed by atoms with Crippen molar-refractivity contribution in [2.75, 3.05) is 30.4 Å². The second-order valence-electron chi connectivity index (χ2n) is 6.03. The Kier molecular flexibility index (Phi) is 10.8. The summed E-state index contributed by atoms with van der Waals surface area (Å²) in [4.78, 5) is 28.1. The number of nitrogens with one attached hydrogen (secondary N) is 3. The van der Waals surface area contributed by atoms with Crippen molar-refractivity contribution in [1.29, 1.82) is 0 Å². The highest BCUT2D eigenvalue weighted by Gasteiger charge is 2.18. The van der Waals surface area contributed by atoms with Crippen LogP contribution in [0.1, 0.15) is 16.9 Å². The zero-order chi connectivity index (χ0) is 19.1. The lowest BCUT2D eigenvalue weighted by Gasteiger charge is -2.22. The molecule has 1 aromatic heterocycles. The smallest absolute Gasteiger partial charge is 0.269 e. The average Bonchev–Trinajstić information content (AvgIpc) is 2.70. The summed E-state index contributed by atoms with van der Waals surface area (Å²) >= 11 is 1.86. The number of thioether (sulfide) groups is 1. The van der Waals surface area contributed by atoms with Crippen molar-refractivity contribution in [2.24, 2.45) is 0 Å². The Balaban J connectivity index is 0.00000210. The first-order valence-corrected chi connectivity index (χ1v) is 9.87. The van der Waals surface area contributed by atoms with Crippen LogP contribution in [0.25, 0.3) is 0 Å². The molecule has 2 heterocycles. The predicted octanol–water partition coefficient (Wildman–Crippen LogP) is 3.11. The number of ether oxygens (including phenoxy) is 1. The van der Waals surface area contributed by atoms with Gasteiger partial charge >= 0.3 is 0 Å². The van der Waals surface area contributed by atoms with Crippen LogP contribution in [-0.2, 0) is 4.79 Å². The van der Waals surface area contributed by atoms with E-state index in [0.717, 1.165) is 18.1 Å². The molecule has 0 aliphatic carbocycles. The Morgan fingerprint density at radius 2 is 2.07 bits per heavy atom. The molecule has 2 aromatic rings. The molecule has 0 radical (unpaired) electrons. The van der Waals surface area contributed by atoms with Gasteiger partial charge in [0.15, 0.2) is 5.75 Å².